The topological polar surface area (TPSA) is 28.7 Å². The highest BCUT2D eigenvalue weighted by atomic mass is 19.1. The Morgan fingerprint density at radius 1 is 1.40 bits per heavy atom. The normalized spacial score (nSPS) is 19.1. The van der Waals surface area contributed by atoms with Gasteiger partial charge in [-0.25, -0.2) is 9.37 Å². The summed E-state index contributed by atoms with van der Waals surface area (Å²) in [6.07, 6.45) is 5.29. The van der Waals surface area contributed by atoms with E-state index in [4.69, 9.17) is 0 Å². The molecule has 2 aromatic rings. The van der Waals surface area contributed by atoms with Gasteiger partial charge in [0, 0.05) is 17.8 Å². The Morgan fingerprint density at radius 2 is 2.33 bits per heavy atom. The molecule has 2 nitrogen and oxygen atoms in total. The van der Waals surface area contributed by atoms with E-state index in [-0.39, 0.29) is 11.7 Å². The van der Waals surface area contributed by atoms with Crippen LogP contribution in [-0.4, -0.2) is 9.97 Å². The number of nitrogens with zero attached hydrogens (tertiary/aromatic N) is 1. The lowest BCUT2D eigenvalue weighted by Gasteiger charge is -2.08. The van der Waals surface area contributed by atoms with E-state index in [1.807, 2.05) is 12.3 Å². The third-order valence-corrected chi connectivity index (χ3v) is 3.11. The summed E-state index contributed by atoms with van der Waals surface area (Å²) in [5.41, 5.74) is 3.07. The fourth-order valence-corrected chi connectivity index (χ4v) is 2.39. The van der Waals surface area contributed by atoms with Gasteiger partial charge < -0.3 is 4.98 Å². The Labute approximate surface area is 87.2 Å². The van der Waals surface area contributed by atoms with Gasteiger partial charge in [0.05, 0.1) is 6.33 Å². The fourth-order valence-electron chi connectivity index (χ4n) is 2.39. The first-order valence-corrected chi connectivity index (χ1v) is 5.12. The van der Waals surface area contributed by atoms with E-state index >= 15 is 0 Å². The largest absolute Gasteiger partial charge is 0.348 e. The van der Waals surface area contributed by atoms with Crippen LogP contribution in [0.5, 0.6) is 0 Å². The van der Waals surface area contributed by atoms with Crippen molar-refractivity contribution in [1.82, 2.24) is 9.97 Å². The molecule has 0 fully saturated rings. The van der Waals surface area contributed by atoms with E-state index < -0.39 is 0 Å². The molecule has 1 aromatic heterocycles. The lowest BCUT2D eigenvalue weighted by atomic mass is 9.98. The van der Waals surface area contributed by atoms with Crippen LogP contribution < -0.4 is 0 Å². The molecule has 3 heteroatoms. The first-order chi connectivity index (χ1) is 7.36. The van der Waals surface area contributed by atoms with Gasteiger partial charge in [-0.2, -0.15) is 0 Å². The zero-order chi connectivity index (χ0) is 10.3. The summed E-state index contributed by atoms with van der Waals surface area (Å²) in [7, 11) is 0. The minimum atomic E-state index is -0.0745. The molecule has 1 unspecified atom stereocenters. The van der Waals surface area contributed by atoms with Crippen molar-refractivity contribution in [1.29, 1.82) is 0 Å². The number of aromatic amines is 1. The quantitative estimate of drug-likeness (QED) is 0.756. The third-order valence-electron chi connectivity index (χ3n) is 3.11. The standard InChI is InChI=1S/C12H11FN2/c13-11-3-1-2-8-9(11)4-5-10(8)12-6-14-7-15-12/h1-3,6-7,10H,4-5H2,(H,14,15). The summed E-state index contributed by atoms with van der Waals surface area (Å²) in [5.74, 6) is 0.215. The minimum Gasteiger partial charge on any atom is -0.348 e. The summed E-state index contributed by atoms with van der Waals surface area (Å²) in [4.78, 5) is 7.12. The number of aromatic nitrogens is 2. The van der Waals surface area contributed by atoms with Gasteiger partial charge in [-0.05, 0) is 30.0 Å². The van der Waals surface area contributed by atoms with Crippen LogP contribution in [0.3, 0.4) is 0 Å². The molecular weight excluding hydrogens is 191 g/mol. The summed E-state index contributed by atoms with van der Waals surface area (Å²) in [6, 6.07) is 5.33. The second-order valence-corrected chi connectivity index (χ2v) is 3.91. The van der Waals surface area contributed by atoms with E-state index in [2.05, 4.69) is 9.97 Å². The molecule has 15 heavy (non-hydrogen) atoms. The maximum atomic E-state index is 13.5. The number of benzene rings is 1. The first kappa shape index (κ1) is 8.65. The minimum absolute atomic E-state index is 0.0745. The Bertz CT molecular complexity index is 476. The average Bonchev–Trinajstić information content (AvgIpc) is 2.85. The van der Waals surface area contributed by atoms with Crippen molar-refractivity contribution in [3.8, 4) is 0 Å². The summed E-state index contributed by atoms with van der Waals surface area (Å²) in [6.45, 7) is 0. The molecule has 1 atom stereocenters. The predicted octanol–water partition coefficient (Wildman–Crippen LogP) is 2.63. The zero-order valence-electron chi connectivity index (χ0n) is 8.20. The molecule has 1 heterocycles. The Balaban J connectivity index is 2.09. The molecule has 0 aliphatic heterocycles. The van der Waals surface area contributed by atoms with Crippen molar-refractivity contribution in [2.45, 2.75) is 18.8 Å². The number of nitrogens with one attached hydrogen (secondary N) is 1. The number of hydrogen-bond donors (Lipinski definition) is 1. The Hall–Kier alpha value is -1.64. The second-order valence-electron chi connectivity index (χ2n) is 3.91. The maximum absolute atomic E-state index is 13.5. The predicted molar refractivity (Wildman–Crippen MR) is 55.2 cm³/mol. The van der Waals surface area contributed by atoms with Gasteiger partial charge in [0.1, 0.15) is 5.82 Å². The molecule has 0 radical (unpaired) electrons. The van der Waals surface area contributed by atoms with Crippen LogP contribution in [0.15, 0.2) is 30.7 Å². The van der Waals surface area contributed by atoms with Crippen LogP contribution >= 0.6 is 0 Å². The van der Waals surface area contributed by atoms with E-state index in [0.29, 0.717) is 0 Å². The number of rotatable bonds is 1. The van der Waals surface area contributed by atoms with E-state index in [1.165, 1.54) is 6.07 Å². The van der Waals surface area contributed by atoms with E-state index in [1.54, 1.807) is 12.4 Å². The number of H-pyrrole nitrogens is 1. The van der Waals surface area contributed by atoms with Gasteiger partial charge in [0.15, 0.2) is 0 Å². The SMILES string of the molecule is Fc1cccc2c1CCC2c1cnc[nH]1. The molecule has 1 aliphatic carbocycles. The highest BCUT2D eigenvalue weighted by molar-refractivity contribution is 5.40. The fraction of sp³-hybridized carbons (Fsp3) is 0.250. The van der Waals surface area contributed by atoms with Gasteiger partial charge in [0.2, 0.25) is 0 Å². The van der Waals surface area contributed by atoms with Crippen LogP contribution in [-0.2, 0) is 6.42 Å². The first-order valence-electron chi connectivity index (χ1n) is 5.12. The lowest BCUT2D eigenvalue weighted by Crippen LogP contribution is -1.96. The lowest BCUT2D eigenvalue weighted by molar-refractivity contribution is 0.612. The van der Waals surface area contributed by atoms with Crippen LogP contribution in [0.25, 0.3) is 0 Å². The van der Waals surface area contributed by atoms with Crippen LogP contribution in [0.4, 0.5) is 4.39 Å². The van der Waals surface area contributed by atoms with Gasteiger partial charge >= 0.3 is 0 Å². The van der Waals surface area contributed by atoms with Gasteiger partial charge in [-0.1, -0.05) is 12.1 Å². The smallest absolute Gasteiger partial charge is 0.126 e. The Morgan fingerprint density at radius 3 is 3.13 bits per heavy atom. The van der Waals surface area contributed by atoms with Crippen LogP contribution in [0.2, 0.25) is 0 Å². The highest BCUT2D eigenvalue weighted by Crippen LogP contribution is 2.37. The molecule has 0 spiro atoms. The third kappa shape index (κ3) is 1.27. The average molecular weight is 202 g/mol. The second kappa shape index (κ2) is 3.19. The monoisotopic (exact) mass is 202 g/mol. The highest BCUT2D eigenvalue weighted by Gasteiger charge is 2.26. The van der Waals surface area contributed by atoms with Crippen molar-refractivity contribution in [2.24, 2.45) is 0 Å². The molecule has 1 aromatic carbocycles. The summed E-state index contributed by atoms with van der Waals surface area (Å²) < 4.78 is 13.5. The number of halogens is 1. The van der Waals surface area contributed by atoms with Crippen molar-refractivity contribution >= 4 is 0 Å². The van der Waals surface area contributed by atoms with Gasteiger partial charge in [-0.15, -0.1) is 0 Å². The maximum Gasteiger partial charge on any atom is 0.126 e. The summed E-state index contributed by atoms with van der Waals surface area (Å²) >= 11 is 0. The number of hydrogen-bond acceptors (Lipinski definition) is 1. The number of fused-ring (bicyclic) bond motifs is 1. The molecule has 0 saturated carbocycles. The molecule has 0 amide bonds. The summed E-state index contributed by atoms with van der Waals surface area (Å²) in [5, 5.41) is 0. The molecule has 1 aliphatic rings. The van der Waals surface area contributed by atoms with Crippen LogP contribution in [0.1, 0.15) is 29.2 Å². The molecule has 0 saturated heterocycles. The van der Waals surface area contributed by atoms with Crippen molar-refractivity contribution in [3.05, 3.63) is 53.4 Å². The van der Waals surface area contributed by atoms with Crippen molar-refractivity contribution in [3.63, 3.8) is 0 Å². The molecule has 3 rings (SSSR count). The van der Waals surface area contributed by atoms with E-state index in [0.717, 1.165) is 29.7 Å². The van der Waals surface area contributed by atoms with Crippen LogP contribution in [0, 0.1) is 5.82 Å². The number of imidazole rings is 1. The molecule has 76 valence electrons. The Kier molecular flexibility index (Phi) is 1.84. The molecule has 1 N–H and O–H groups in total. The van der Waals surface area contributed by atoms with Gasteiger partial charge in [-0.3, -0.25) is 0 Å². The molecular formula is C12H11FN2. The zero-order valence-corrected chi connectivity index (χ0v) is 8.20. The van der Waals surface area contributed by atoms with Gasteiger partial charge in [0.25, 0.3) is 0 Å². The van der Waals surface area contributed by atoms with Crippen molar-refractivity contribution < 1.29 is 4.39 Å². The van der Waals surface area contributed by atoms with Crippen molar-refractivity contribution in [2.75, 3.05) is 0 Å². The molecule has 0 bridgehead atoms. The van der Waals surface area contributed by atoms with E-state index in [9.17, 15) is 4.39 Å².